The summed E-state index contributed by atoms with van der Waals surface area (Å²) in [7, 11) is 0. The molecule has 2 unspecified atom stereocenters. The number of ketones is 1. The van der Waals surface area contributed by atoms with Crippen LogP contribution >= 0.6 is 0 Å². The molecule has 1 aromatic carbocycles. The predicted molar refractivity (Wildman–Crippen MR) is 84.2 cm³/mol. The Morgan fingerprint density at radius 2 is 1.90 bits per heavy atom. The van der Waals surface area contributed by atoms with E-state index in [-0.39, 0.29) is 5.78 Å². The largest absolute Gasteiger partial charge is 0.296 e. The fraction of sp³-hybridized carbons (Fsp3) is 0.611. The Morgan fingerprint density at radius 3 is 2.50 bits per heavy atom. The Balaban J connectivity index is 1.91. The number of likely N-dealkylation sites (tertiary alicyclic amines) is 1. The third-order valence-corrected chi connectivity index (χ3v) is 4.60. The minimum absolute atomic E-state index is 0.259. The zero-order valence-corrected chi connectivity index (χ0v) is 13.1. The van der Waals surface area contributed by atoms with E-state index in [1.54, 1.807) is 0 Å². The molecule has 0 saturated carbocycles. The maximum absolute atomic E-state index is 12.3. The Kier molecular flexibility index (Phi) is 5.36. The molecular weight excluding hydrogens is 246 g/mol. The topological polar surface area (TPSA) is 20.3 Å². The van der Waals surface area contributed by atoms with Gasteiger partial charge in [0.25, 0.3) is 0 Å². The first-order chi connectivity index (χ1) is 9.60. The number of Topliss-reactive ketones (excluding diaryl/α,β-unsaturated/α-hetero) is 1. The highest BCUT2D eigenvalue weighted by Crippen LogP contribution is 2.22. The standard InChI is InChI=1S/C18H27NO/c1-4-5-16-6-8-17(9-7-16)18(20)13-19-11-10-14(2)15(3)12-19/h6-9,14-15H,4-5,10-13H2,1-3H3. The van der Waals surface area contributed by atoms with Crippen molar-refractivity contribution in [1.29, 1.82) is 0 Å². The first kappa shape index (κ1) is 15.2. The molecule has 0 aliphatic carbocycles. The third-order valence-electron chi connectivity index (χ3n) is 4.60. The summed E-state index contributed by atoms with van der Waals surface area (Å²) in [4.78, 5) is 14.6. The molecular formula is C18H27NO. The Bertz CT molecular complexity index is 437. The van der Waals surface area contributed by atoms with Crippen LogP contribution in [0.5, 0.6) is 0 Å². The van der Waals surface area contributed by atoms with Gasteiger partial charge in [0.2, 0.25) is 0 Å². The molecule has 1 saturated heterocycles. The zero-order valence-electron chi connectivity index (χ0n) is 13.1. The van der Waals surface area contributed by atoms with Gasteiger partial charge in [-0.3, -0.25) is 9.69 Å². The lowest BCUT2D eigenvalue weighted by atomic mass is 9.88. The predicted octanol–water partition coefficient (Wildman–Crippen LogP) is 3.80. The second kappa shape index (κ2) is 7.03. The highest BCUT2D eigenvalue weighted by Gasteiger charge is 2.24. The number of rotatable bonds is 5. The maximum atomic E-state index is 12.3. The van der Waals surface area contributed by atoms with Gasteiger partial charge in [0.15, 0.2) is 5.78 Å². The van der Waals surface area contributed by atoms with Gasteiger partial charge in [-0.2, -0.15) is 0 Å². The van der Waals surface area contributed by atoms with Gasteiger partial charge < -0.3 is 0 Å². The van der Waals surface area contributed by atoms with Crippen LogP contribution in [-0.2, 0) is 6.42 Å². The quantitative estimate of drug-likeness (QED) is 0.761. The average molecular weight is 273 g/mol. The van der Waals surface area contributed by atoms with Crippen LogP contribution in [0.25, 0.3) is 0 Å². The van der Waals surface area contributed by atoms with Gasteiger partial charge in [0.1, 0.15) is 0 Å². The molecule has 0 amide bonds. The number of aryl methyl sites for hydroxylation is 1. The van der Waals surface area contributed by atoms with Gasteiger partial charge >= 0.3 is 0 Å². The molecule has 0 N–H and O–H groups in total. The number of benzene rings is 1. The molecule has 0 bridgehead atoms. The van der Waals surface area contributed by atoms with E-state index in [9.17, 15) is 4.79 Å². The van der Waals surface area contributed by atoms with E-state index >= 15 is 0 Å². The molecule has 2 heteroatoms. The molecule has 0 radical (unpaired) electrons. The third kappa shape index (κ3) is 3.92. The molecule has 1 aliphatic rings. The van der Waals surface area contributed by atoms with E-state index in [0.29, 0.717) is 12.5 Å². The summed E-state index contributed by atoms with van der Waals surface area (Å²) in [5.41, 5.74) is 2.18. The number of carbonyl (C=O) groups excluding carboxylic acids is 1. The normalized spacial score (nSPS) is 23.8. The molecule has 2 nitrogen and oxygen atoms in total. The van der Waals surface area contributed by atoms with Crippen LogP contribution in [0.1, 0.15) is 49.5 Å². The number of hydrogen-bond donors (Lipinski definition) is 0. The van der Waals surface area contributed by atoms with Crippen molar-refractivity contribution < 1.29 is 4.79 Å². The Hall–Kier alpha value is -1.15. The van der Waals surface area contributed by atoms with Gasteiger partial charge in [0, 0.05) is 12.1 Å². The fourth-order valence-corrected chi connectivity index (χ4v) is 2.93. The Morgan fingerprint density at radius 1 is 1.20 bits per heavy atom. The van der Waals surface area contributed by atoms with Crippen LogP contribution in [0.15, 0.2) is 24.3 Å². The summed E-state index contributed by atoms with van der Waals surface area (Å²) >= 11 is 0. The first-order valence-corrected chi connectivity index (χ1v) is 7.94. The van der Waals surface area contributed by atoms with Crippen molar-refractivity contribution in [3.8, 4) is 0 Å². The SMILES string of the molecule is CCCc1ccc(C(=O)CN2CCC(C)C(C)C2)cc1. The van der Waals surface area contributed by atoms with Crippen LogP contribution in [0.3, 0.4) is 0 Å². The summed E-state index contributed by atoms with van der Waals surface area (Å²) in [6, 6.07) is 8.17. The summed E-state index contributed by atoms with van der Waals surface area (Å²) < 4.78 is 0. The van der Waals surface area contributed by atoms with Gasteiger partial charge in [-0.15, -0.1) is 0 Å². The summed E-state index contributed by atoms with van der Waals surface area (Å²) in [6.45, 7) is 9.48. The fourth-order valence-electron chi connectivity index (χ4n) is 2.93. The molecule has 1 aromatic rings. The average Bonchev–Trinajstić information content (AvgIpc) is 2.44. The van der Waals surface area contributed by atoms with E-state index in [1.807, 2.05) is 12.1 Å². The van der Waals surface area contributed by atoms with Gasteiger partial charge in [-0.25, -0.2) is 0 Å². The number of hydrogen-bond acceptors (Lipinski definition) is 2. The molecule has 2 rings (SSSR count). The van der Waals surface area contributed by atoms with Gasteiger partial charge in [0.05, 0.1) is 6.54 Å². The molecule has 1 heterocycles. The van der Waals surface area contributed by atoms with Crippen molar-refractivity contribution in [2.75, 3.05) is 19.6 Å². The maximum Gasteiger partial charge on any atom is 0.176 e. The molecule has 20 heavy (non-hydrogen) atoms. The smallest absolute Gasteiger partial charge is 0.176 e. The van der Waals surface area contributed by atoms with Gasteiger partial charge in [-0.05, 0) is 36.8 Å². The van der Waals surface area contributed by atoms with Gasteiger partial charge in [-0.1, -0.05) is 51.5 Å². The van der Waals surface area contributed by atoms with Crippen LogP contribution in [0, 0.1) is 11.8 Å². The van der Waals surface area contributed by atoms with Crippen molar-refractivity contribution in [2.45, 2.75) is 40.0 Å². The summed E-state index contributed by atoms with van der Waals surface area (Å²) in [6.07, 6.45) is 3.46. The lowest BCUT2D eigenvalue weighted by Crippen LogP contribution is -2.41. The molecule has 0 spiro atoms. The highest BCUT2D eigenvalue weighted by atomic mass is 16.1. The number of nitrogens with zero attached hydrogens (tertiary/aromatic N) is 1. The van der Waals surface area contributed by atoms with E-state index in [1.165, 1.54) is 12.0 Å². The minimum atomic E-state index is 0.259. The Labute approximate surface area is 123 Å². The van der Waals surface area contributed by atoms with E-state index < -0.39 is 0 Å². The minimum Gasteiger partial charge on any atom is -0.296 e. The molecule has 2 atom stereocenters. The van der Waals surface area contributed by atoms with Crippen molar-refractivity contribution >= 4 is 5.78 Å². The first-order valence-electron chi connectivity index (χ1n) is 7.94. The van der Waals surface area contributed by atoms with Crippen LogP contribution in [0.4, 0.5) is 0 Å². The second-order valence-corrected chi connectivity index (χ2v) is 6.35. The molecule has 1 fully saturated rings. The number of carbonyl (C=O) groups is 1. The lowest BCUT2D eigenvalue weighted by molar-refractivity contribution is 0.0849. The van der Waals surface area contributed by atoms with E-state index in [0.717, 1.165) is 37.4 Å². The van der Waals surface area contributed by atoms with Crippen LogP contribution in [-0.4, -0.2) is 30.3 Å². The highest BCUT2D eigenvalue weighted by molar-refractivity contribution is 5.97. The van der Waals surface area contributed by atoms with Crippen molar-refractivity contribution in [3.63, 3.8) is 0 Å². The lowest BCUT2D eigenvalue weighted by Gasteiger charge is -2.34. The van der Waals surface area contributed by atoms with Crippen LogP contribution in [0.2, 0.25) is 0 Å². The zero-order chi connectivity index (χ0) is 14.5. The van der Waals surface area contributed by atoms with Crippen molar-refractivity contribution in [2.24, 2.45) is 11.8 Å². The molecule has 1 aliphatic heterocycles. The van der Waals surface area contributed by atoms with Crippen molar-refractivity contribution in [3.05, 3.63) is 35.4 Å². The molecule has 110 valence electrons. The second-order valence-electron chi connectivity index (χ2n) is 6.35. The monoisotopic (exact) mass is 273 g/mol. The van der Waals surface area contributed by atoms with Crippen LogP contribution < -0.4 is 0 Å². The van der Waals surface area contributed by atoms with E-state index in [4.69, 9.17) is 0 Å². The van der Waals surface area contributed by atoms with Crippen molar-refractivity contribution in [1.82, 2.24) is 4.90 Å². The summed E-state index contributed by atoms with van der Waals surface area (Å²) in [5.74, 6) is 1.74. The molecule has 0 aromatic heterocycles. The summed E-state index contributed by atoms with van der Waals surface area (Å²) in [5, 5.41) is 0. The van der Waals surface area contributed by atoms with E-state index in [2.05, 4.69) is 37.8 Å². The number of piperidine rings is 1.